The van der Waals surface area contributed by atoms with Crippen LogP contribution >= 0.6 is 0 Å². The van der Waals surface area contributed by atoms with E-state index in [4.69, 9.17) is 4.98 Å². The fourth-order valence-corrected chi connectivity index (χ4v) is 3.26. The lowest BCUT2D eigenvalue weighted by Gasteiger charge is -2.23. The maximum atomic E-state index is 10.9. The van der Waals surface area contributed by atoms with Crippen LogP contribution in [0.2, 0.25) is 0 Å². The van der Waals surface area contributed by atoms with Gasteiger partial charge in [-0.25, -0.2) is 9.97 Å². The van der Waals surface area contributed by atoms with Crippen LogP contribution in [0.1, 0.15) is 26.0 Å². The molecule has 1 unspecified atom stereocenters. The minimum atomic E-state index is -0.396. The van der Waals surface area contributed by atoms with Gasteiger partial charge >= 0.3 is 0 Å². The molecule has 1 fully saturated rings. The molecule has 0 amide bonds. The summed E-state index contributed by atoms with van der Waals surface area (Å²) in [5.41, 5.74) is 1.86. The molecule has 0 aliphatic carbocycles. The second-order valence-corrected chi connectivity index (χ2v) is 6.66. The molecule has 138 valence electrons. The molecule has 0 bridgehead atoms. The van der Waals surface area contributed by atoms with Crippen molar-refractivity contribution in [2.75, 3.05) is 31.6 Å². The zero-order valence-electron chi connectivity index (χ0n) is 15.6. The van der Waals surface area contributed by atoms with Gasteiger partial charge in [0.15, 0.2) is 5.82 Å². The molecule has 2 aromatic rings. The minimum absolute atomic E-state index is 0.0746. The number of non-ortho nitro benzene ring substituents is 1. The van der Waals surface area contributed by atoms with Crippen LogP contribution in [-0.2, 0) is 6.42 Å². The van der Waals surface area contributed by atoms with Gasteiger partial charge in [-0.2, -0.15) is 0 Å². The van der Waals surface area contributed by atoms with Crippen LogP contribution in [0.5, 0.6) is 0 Å². The number of hydrogen-bond acceptors (Lipinski definition) is 6. The van der Waals surface area contributed by atoms with E-state index in [0.717, 1.165) is 49.6 Å². The highest BCUT2D eigenvalue weighted by Gasteiger charge is 2.26. The molecule has 3 rings (SSSR count). The van der Waals surface area contributed by atoms with Crippen molar-refractivity contribution in [2.45, 2.75) is 32.7 Å². The molecule has 1 aromatic carbocycles. The van der Waals surface area contributed by atoms with Crippen molar-refractivity contribution in [3.05, 3.63) is 46.1 Å². The summed E-state index contributed by atoms with van der Waals surface area (Å²) in [6, 6.07) is 9.03. The Kier molecular flexibility index (Phi) is 5.46. The van der Waals surface area contributed by atoms with Gasteiger partial charge in [-0.05, 0) is 38.6 Å². The number of nitrogens with zero attached hydrogens (tertiary/aromatic N) is 5. The first-order chi connectivity index (χ1) is 12.5. The van der Waals surface area contributed by atoms with Gasteiger partial charge < -0.3 is 9.80 Å². The predicted octanol–water partition coefficient (Wildman–Crippen LogP) is 3.14. The fourth-order valence-electron chi connectivity index (χ4n) is 3.26. The van der Waals surface area contributed by atoms with Crippen molar-refractivity contribution >= 4 is 11.5 Å². The molecule has 2 heterocycles. The summed E-state index contributed by atoms with van der Waals surface area (Å²) in [6.07, 6.45) is 1.95. The van der Waals surface area contributed by atoms with Crippen LogP contribution in [0, 0.1) is 10.1 Å². The molecule has 0 radical (unpaired) electrons. The molecule has 7 heteroatoms. The number of aryl methyl sites for hydroxylation is 1. The molecule has 1 saturated heterocycles. The fraction of sp³-hybridized carbons (Fsp3) is 0.474. The lowest BCUT2D eigenvalue weighted by atomic mass is 10.2. The smallest absolute Gasteiger partial charge is 0.269 e. The van der Waals surface area contributed by atoms with Gasteiger partial charge in [-0.1, -0.05) is 13.8 Å². The maximum absolute atomic E-state index is 10.9. The van der Waals surface area contributed by atoms with Gasteiger partial charge in [-0.3, -0.25) is 10.1 Å². The minimum Gasteiger partial charge on any atom is -0.355 e. The van der Waals surface area contributed by atoms with E-state index >= 15 is 0 Å². The van der Waals surface area contributed by atoms with Crippen molar-refractivity contribution in [3.63, 3.8) is 0 Å². The molecular weight excluding hydrogens is 330 g/mol. The van der Waals surface area contributed by atoms with Crippen molar-refractivity contribution in [1.82, 2.24) is 14.9 Å². The third kappa shape index (κ3) is 3.83. The summed E-state index contributed by atoms with van der Waals surface area (Å²) >= 11 is 0. The lowest BCUT2D eigenvalue weighted by molar-refractivity contribution is -0.384. The Morgan fingerprint density at radius 1 is 1.27 bits per heavy atom. The highest BCUT2D eigenvalue weighted by molar-refractivity contribution is 5.60. The maximum Gasteiger partial charge on any atom is 0.269 e. The van der Waals surface area contributed by atoms with E-state index in [0.29, 0.717) is 11.9 Å². The van der Waals surface area contributed by atoms with Gasteiger partial charge in [0.1, 0.15) is 5.82 Å². The summed E-state index contributed by atoms with van der Waals surface area (Å²) in [5, 5.41) is 10.9. The molecule has 1 aliphatic rings. The zero-order chi connectivity index (χ0) is 18.7. The summed E-state index contributed by atoms with van der Waals surface area (Å²) in [5.74, 6) is 1.57. The average molecular weight is 355 g/mol. The second kappa shape index (κ2) is 7.78. The summed E-state index contributed by atoms with van der Waals surface area (Å²) in [7, 11) is 2.16. The van der Waals surface area contributed by atoms with Crippen LogP contribution in [-0.4, -0.2) is 52.5 Å². The molecule has 7 nitrogen and oxygen atoms in total. The molecule has 1 atom stereocenters. The summed E-state index contributed by atoms with van der Waals surface area (Å²) < 4.78 is 0. The van der Waals surface area contributed by atoms with Crippen LogP contribution in [0.4, 0.5) is 11.5 Å². The quantitative estimate of drug-likeness (QED) is 0.585. The van der Waals surface area contributed by atoms with Gasteiger partial charge in [0.2, 0.25) is 0 Å². The molecule has 0 spiro atoms. The Morgan fingerprint density at radius 2 is 2.00 bits per heavy atom. The Bertz CT molecular complexity index is 778. The number of likely N-dealkylation sites (N-methyl/N-ethyl adjacent to an activating group) is 1. The third-order valence-electron chi connectivity index (χ3n) is 5.07. The van der Waals surface area contributed by atoms with E-state index < -0.39 is 4.92 Å². The first kappa shape index (κ1) is 18.3. The molecule has 1 aromatic heterocycles. The molecule has 26 heavy (non-hydrogen) atoms. The van der Waals surface area contributed by atoms with E-state index in [-0.39, 0.29) is 5.69 Å². The Hall–Kier alpha value is -2.54. The number of aromatic nitrogens is 2. The number of anilines is 1. The number of benzene rings is 1. The van der Waals surface area contributed by atoms with Crippen molar-refractivity contribution in [1.29, 1.82) is 0 Å². The number of nitro groups is 1. The van der Waals surface area contributed by atoms with Crippen molar-refractivity contribution in [3.8, 4) is 11.4 Å². The highest BCUT2D eigenvalue weighted by Crippen LogP contribution is 2.26. The first-order valence-electron chi connectivity index (χ1n) is 9.09. The van der Waals surface area contributed by atoms with Gasteiger partial charge in [0.25, 0.3) is 5.69 Å². The van der Waals surface area contributed by atoms with E-state index in [1.165, 1.54) is 12.1 Å². The monoisotopic (exact) mass is 355 g/mol. The van der Waals surface area contributed by atoms with Crippen molar-refractivity contribution < 1.29 is 4.92 Å². The lowest BCUT2D eigenvalue weighted by Crippen LogP contribution is -2.34. The number of hydrogen-bond donors (Lipinski definition) is 0. The Morgan fingerprint density at radius 3 is 2.62 bits per heavy atom. The Balaban J connectivity index is 1.88. The van der Waals surface area contributed by atoms with Gasteiger partial charge in [0.05, 0.1) is 4.92 Å². The molecule has 0 N–H and O–H groups in total. The first-order valence-corrected chi connectivity index (χ1v) is 9.09. The van der Waals surface area contributed by atoms with E-state index in [1.807, 2.05) is 0 Å². The Labute approximate surface area is 153 Å². The van der Waals surface area contributed by atoms with E-state index in [1.54, 1.807) is 12.1 Å². The second-order valence-electron chi connectivity index (χ2n) is 6.66. The van der Waals surface area contributed by atoms with Gasteiger partial charge in [0, 0.05) is 48.6 Å². The van der Waals surface area contributed by atoms with E-state index in [9.17, 15) is 10.1 Å². The van der Waals surface area contributed by atoms with Crippen LogP contribution in [0.15, 0.2) is 30.3 Å². The van der Waals surface area contributed by atoms with Crippen molar-refractivity contribution in [2.24, 2.45) is 0 Å². The van der Waals surface area contributed by atoms with Gasteiger partial charge in [-0.15, -0.1) is 0 Å². The van der Waals surface area contributed by atoms with E-state index in [2.05, 4.69) is 41.7 Å². The van der Waals surface area contributed by atoms with Crippen LogP contribution in [0.25, 0.3) is 11.4 Å². The summed E-state index contributed by atoms with van der Waals surface area (Å²) in [6.45, 7) is 7.23. The SMILES string of the molecule is CCc1cc(N2CCC(N(C)CC)C2)nc(-c2ccc([N+](=O)[O-])cc2)n1. The molecular formula is C19H25N5O2. The summed E-state index contributed by atoms with van der Waals surface area (Å²) in [4.78, 5) is 24.5. The highest BCUT2D eigenvalue weighted by atomic mass is 16.6. The number of rotatable bonds is 6. The average Bonchev–Trinajstić information content (AvgIpc) is 3.17. The standard InChI is InChI=1S/C19H25N5O2/c1-4-15-12-18(23-11-10-17(13-23)22(3)5-2)21-19(20-15)14-6-8-16(9-7-14)24(25)26/h6-9,12,17H,4-5,10-11,13H2,1-3H3. The number of nitro benzene ring substituents is 1. The molecule has 1 aliphatic heterocycles. The topological polar surface area (TPSA) is 75.4 Å². The van der Waals surface area contributed by atoms with Crippen LogP contribution in [0.3, 0.4) is 0 Å². The normalized spacial score (nSPS) is 17.1. The zero-order valence-corrected chi connectivity index (χ0v) is 15.6. The van der Waals surface area contributed by atoms with Crippen LogP contribution < -0.4 is 4.90 Å². The molecule has 0 saturated carbocycles. The predicted molar refractivity (Wildman–Crippen MR) is 102 cm³/mol. The third-order valence-corrected chi connectivity index (χ3v) is 5.07. The largest absolute Gasteiger partial charge is 0.355 e.